The first-order valence-corrected chi connectivity index (χ1v) is 5.05. The van der Waals surface area contributed by atoms with Crippen LogP contribution in [0.1, 0.15) is 18.4 Å². The lowest BCUT2D eigenvalue weighted by Gasteiger charge is -2.12. The van der Waals surface area contributed by atoms with Gasteiger partial charge < -0.3 is 0 Å². The molecule has 1 aromatic carbocycles. The molecular formula is C12H10BCl. The minimum atomic E-state index is 0.775. The zero-order chi connectivity index (χ0) is 9.97. The van der Waals surface area contributed by atoms with Crippen LogP contribution in [-0.4, -0.2) is 7.85 Å². The molecule has 2 rings (SSSR count). The van der Waals surface area contributed by atoms with Gasteiger partial charge in [-0.25, -0.2) is 0 Å². The first kappa shape index (κ1) is 9.60. The molecule has 0 heterocycles. The standard InChI is InChI=1S/C12H10BCl/c13-11-5-1-3-9(7-11)10-4-2-6-12(14)8-10/h2,4-8H,1,3H2. The Balaban J connectivity index is 2.36. The van der Waals surface area contributed by atoms with Crippen LogP contribution < -0.4 is 0 Å². The monoisotopic (exact) mass is 200 g/mol. The molecule has 1 aromatic rings. The van der Waals surface area contributed by atoms with Crippen molar-refractivity contribution in [2.45, 2.75) is 12.8 Å². The summed E-state index contributed by atoms with van der Waals surface area (Å²) >= 11 is 5.93. The van der Waals surface area contributed by atoms with Gasteiger partial charge >= 0.3 is 0 Å². The Morgan fingerprint density at radius 1 is 1.29 bits per heavy atom. The van der Waals surface area contributed by atoms with Crippen LogP contribution in [0.25, 0.3) is 5.57 Å². The average molecular weight is 200 g/mol. The van der Waals surface area contributed by atoms with Gasteiger partial charge in [0.15, 0.2) is 0 Å². The molecule has 1 aliphatic carbocycles. The van der Waals surface area contributed by atoms with E-state index in [0.29, 0.717) is 0 Å². The highest BCUT2D eigenvalue weighted by atomic mass is 35.5. The third kappa shape index (κ3) is 2.10. The molecule has 0 aromatic heterocycles. The van der Waals surface area contributed by atoms with Gasteiger partial charge in [0, 0.05) is 5.02 Å². The molecule has 0 aliphatic heterocycles. The molecule has 0 fully saturated rings. The fourth-order valence-corrected chi connectivity index (χ4v) is 1.83. The van der Waals surface area contributed by atoms with Crippen LogP contribution in [0, 0.1) is 0 Å². The van der Waals surface area contributed by atoms with E-state index in [1.165, 1.54) is 11.1 Å². The molecule has 0 amide bonds. The number of halogens is 1. The van der Waals surface area contributed by atoms with Crippen LogP contribution in [0.4, 0.5) is 0 Å². The minimum absolute atomic E-state index is 0.775. The number of hydrogen-bond acceptors (Lipinski definition) is 0. The predicted octanol–water partition coefficient (Wildman–Crippen LogP) is 3.57. The Morgan fingerprint density at radius 3 is 2.86 bits per heavy atom. The zero-order valence-electron chi connectivity index (χ0n) is 7.83. The molecule has 0 nitrogen and oxygen atoms in total. The summed E-state index contributed by atoms with van der Waals surface area (Å²) < 4.78 is 0. The first-order valence-electron chi connectivity index (χ1n) is 4.68. The molecule has 0 saturated carbocycles. The van der Waals surface area contributed by atoms with E-state index in [1.807, 2.05) is 30.4 Å². The van der Waals surface area contributed by atoms with Crippen molar-refractivity contribution >= 4 is 25.0 Å². The van der Waals surface area contributed by atoms with Gasteiger partial charge in [-0.3, -0.25) is 0 Å². The van der Waals surface area contributed by atoms with Gasteiger partial charge in [-0.15, -0.1) is 5.47 Å². The lowest BCUT2D eigenvalue weighted by molar-refractivity contribution is 1.05. The molecule has 0 saturated heterocycles. The van der Waals surface area contributed by atoms with E-state index >= 15 is 0 Å². The quantitative estimate of drug-likeness (QED) is 0.608. The number of rotatable bonds is 1. The zero-order valence-corrected chi connectivity index (χ0v) is 8.59. The molecule has 0 atom stereocenters. The van der Waals surface area contributed by atoms with Gasteiger partial charge in [0.25, 0.3) is 0 Å². The molecule has 2 radical (unpaired) electrons. The third-order valence-electron chi connectivity index (χ3n) is 2.33. The topological polar surface area (TPSA) is 0 Å². The van der Waals surface area contributed by atoms with Crippen molar-refractivity contribution in [3.63, 3.8) is 0 Å². The molecule has 0 spiro atoms. The van der Waals surface area contributed by atoms with Gasteiger partial charge in [0.2, 0.25) is 0 Å². The van der Waals surface area contributed by atoms with E-state index < -0.39 is 0 Å². The van der Waals surface area contributed by atoms with E-state index in [-0.39, 0.29) is 0 Å². The summed E-state index contributed by atoms with van der Waals surface area (Å²) in [7, 11) is 5.75. The second-order valence-corrected chi connectivity index (χ2v) is 3.86. The van der Waals surface area contributed by atoms with Crippen LogP contribution in [0.3, 0.4) is 0 Å². The maximum atomic E-state index is 5.93. The molecular weight excluding hydrogens is 190 g/mol. The Kier molecular flexibility index (Phi) is 2.78. The van der Waals surface area contributed by atoms with Crippen molar-refractivity contribution in [2.24, 2.45) is 0 Å². The number of allylic oxidation sites excluding steroid dienone is 4. The van der Waals surface area contributed by atoms with Gasteiger partial charge in [-0.2, -0.15) is 0 Å². The van der Waals surface area contributed by atoms with Gasteiger partial charge in [0.1, 0.15) is 7.85 Å². The fourth-order valence-electron chi connectivity index (χ4n) is 1.64. The number of hydrogen-bond donors (Lipinski definition) is 0. The Hall–Kier alpha value is -0.945. The molecule has 2 heteroatoms. The Labute approximate surface area is 90.7 Å². The summed E-state index contributed by atoms with van der Waals surface area (Å²) in [6.07, 6.45) is 6.13. The maximum Gasteiger partial charge on any atom is 0.113 e. The maximum absolute atomic E-state index is 5.93. The van der Waals surface area contributed by atoms with Crippen LogP contribution in [0.2, 0.25) is 5.02 Å². The first-order chi connectivity index (χ1) is 6.75. The average Bonchev–Trinajstić information content (AvgIpc) is 2.18. The van der Waals surface area contributed by atoms with Crippen molar-refractivity contribution in [3.8, 4) is 0 Å². The lowest BCUT2D eigenvalue weighted by Crippen LogP contribution is -1.92. The predicted molar refractivity (Wildman–Crippen MR) is 62.5 cm³/mol. The summed E-state index contributed by atoms with van der Waals surface area (Å²) in [6.45, 7) is 0. The fraction of sp³-hybridized carbons (Fsp3) is 0.167. The van der Waals surface area contributed by atoms with Crippen LogP contribution >= 0.6 is 11.6 Å². The van der Waals surface area contributed by atoms with E-state index in [1.54, 1.807) is 0 Å². The van der Waals surface area contributed by atoms with E-state index in [4.69, 9.17) is 19.4 Å². The Morgan fingerprint density at radius 2 is 2.14 bits per heavy atom. The van der Waals surface area contributed by atoms with Crippen LogP contribution in [0.15, 0.2) is 41.9 Å². The molecule has 14 heavy (non-hydrogen) atoms. The molecule has 0 unspecified atom stereocenters. The number of benzene rings is 1. The van der Waals surface area contributed by atoms with Gasteiger partial charge in [-0.1, -0.05) is 35.9 Å². The van der Waals surface area contributed by atoms with Crippen molar-refractivity contribution in [1.29, 1.82) is 0 Å². The molecule has 0 bridgehead atoms. The highest BCUT2D eigenvalue weighted by Crippen LogP contribution is 2.26. The van der Waals surface area contributed by atoms with Crippen molar-refractivity contribution in [3.05, 3.63) is 52.5 Å². The normalized spacial score (nSPS) is 16.1. The summed E-state index contributed by atoms with van der Waals surface area (Å²) in [5.41, 5.74) is 3.30. The van der Waals surface area contributed by atoms with Crippen molar-refractivity contribution < 1.29 is 0 Å². The van der Waals surface area contributed by atoms with Gasteiger partial charge in [-0.05, 0) is 36.1 Å². The lowest BCUT2D eigenvalue weighted by atomic mass is 9.85. The molecule has 0 N–H and O–H groups in total. The van der Waals surface area contributed by atoms with Crippen LogP contribution in [0.5, 0.6) is 0 Å². The second-order valence-electron chi connectivity index (χ2n) is 3.42. The summed E-state index contributed by atoms with van der Waals surface area (Å²) in [5.74, 6) is 0. The van der Waals surface area contributed by atoms with Crippen molar-refractivity contribution in [2.75, 3.05) is 0 Å². The molecule has 68 valence electrons. The van der Waals surface area contributed by atoms with E-state index in [0.717, 1.165) is 23.3 Å². The van der Waals surface area contributed by atoms with Crippen molar-refractivity contribution in [1.82, 2.24) is 0 Å². The van der Waals surface area contributed by atoms with E-state index in [2.05, 4.69) is 6.07 Å². The SMILES string of the molecule is [B]C1=CCCC(c2cccc(Cl)c2)=C1. The largest absolute Gasteiger partial charge is 0.113 e. The van der Waals surface area contributed by atoms with Gasteiger partial charge in [0.05, 0.1) is 0 Å². The molecule has 1 aliphatic rings. The minimum Gasteiger partial charge on any atom is -0.100 e. The van der Waals surface area contributed by atoms with E-state index in [9.17, 15) is 0 Å². The highest BCUT2D eigenvalue weighted by molar-refractivity contribution is 6.30. The highest BCUT2D eigenvalue weighted by Gasteiger charge is 2.05. The summed E-state index contributed by atoms with van der Waals surface area (Å²) in [5, 5.41) is 0.775. The van der Waals surface area contributed by atoms with Crippen LogP contribution in [-0.2, 0) is 0 Å². The third-order valence-corrected chi connectivity index (χ3v) is 2.57. The summed E-state index contributed by atoms with van der Waals surface area (Å²) in [6, 6.07) is 7.89. The Bertz CT molecular complexity index is 405. The summed E-state index contributed by atoms with van der Waals surface area (Å²) in [4.78, 5) is 0. The second kappa shape index (κ2) is 4.06. The smallest absolute Gasteiger partial charge is 0.100 e.